The van der Waals surface area contributed by atoms with E-state index in [2.05, 4.69) is 6.07 Å². The maximum absolute atomic E-state index is 14.1. The van der Waals surface area contributed by atoms with E-state index < -0.39 is 12.0 Å². The van der Waals surface area contributed by atoms with Crippen molar-refractivity contribution in [3.05, 3.63) is 42.6 Å². The molecule has 1 spiro atoms. The molecule has 2 aliphatic rings. The third-order valence-electron chi connectivity index (χ3n) is 4.05. The lowest BCUT2D eigenvalue weighted by Gasteiger charge is -2.33. The first-order chi connectivity index (χ1) is 9.76. The van der Waals surface area contributed by atoms with Crippen LogP contribution in [-0.4, -0.2) is 29.7 Å². The number of aromatic nitrogens is 1. The summed E-state index contributed by atoms with van der Waals surface area (Å²) in [5.41, 5.74) is 1.99. The second kappa shape index (κ2) is 4.43. The van der Waals surface area contributed by atoms with Crippen molar-refractivity contribution < 1.29 is 13.9 Å². The van der Waals surface area contributed by atoms with Gasteiger partial charge in [-0.3, -0.25) is 0 Å². The monoisotopic (exact) mass is 273 g/mol. The molecule has 0 bridgehead atoms. The van der Waals surface area contributed by atoms with Crippen LogP contribution >= 0.6 is 0 Å². The number of rotatable bonds is 1. The van der Waals surface area contributed by atoms with Crippen LogP contribution in [0.25, 0.3) is 16.6 Å². The van der Waals surface area contributed by atoms with Gasteiger partial charge < -0.3 is 14.0 Å². The quantitative estimate of drug-likeness (QED) is 0.795. The predicted molar refractivity (Wildman–Crippen MR) is 75.0 cm³/mol. The molecule has 0 amide bonds. The van der Waals surface area contributed by atoms with Crippen LogP contribution in [0.3, 0.4) is 0 Å². The smallest absolute Gasteiger partial charge is 0.177 e. The summed E-state index contributed by atoms with van der Waals surface area (Å²) >= 11 is 0. The summed E-state index contributed by atoms with van der Waals surface area (Å²) in [4.78, 5) is 0. The molecule has 0 radical (unpaired) electrons. The first-order valence-electron chi connectivity index (χ1n) is 6.95. The minimum atomic E-state index is -1.03. The third kappa shape index (κ3) is 1.87. The van der Waals surface area contributed by atoms with Gasteiger partial charge in [0.2, 0.25) is 0 Å². The number of alkyl halides is 1. The summed E-state index contributed by atoms with van der Waals surface area (Å²) in [7, 11) is 0. The van der Waals surface area contributed by atoms with E-state index in [4.69, 9.17) is 9.47 Å². The Morgan fingerprint density at radius 2 is 1.95 bits per heavy atom. The number of hydrogen-bond donors (Lipinski definition) is 0. The number of fused-ring (bicyclic) bond motifs is 1. The minimum Gasteiger partial charge on any atom is -0.347 e. The van der Waals surface area contributed by atoms with E-state index in [1.807, 2.05) is 35.0 Å². The second-order valence-corrected chi connectivity index (χ2v) is 5.41. The summed E-state index contributed by atoms with van der Waals surface area (Å²) in [5.74, 6) is -0.769. The zero-order valence-electron chi connectivity index (χ0n) is 11.1. The van der Waals surface area contributed by atoms with E-state index >= 15 is 0 Å². The zero-order chi connectivity index (χ0) is 13.6. The van der Waals surface area contributed by atoms with Gasteiger partial charge in [0.05, 0.1) is 18.7 Å². The SMILES string of the molecule is FC1C=C(n2ccc3ccccc32)CC2(C1)OCCO2. The van der Waals surface area contributed by atoms with Crippen molar-refractivity contribution in [2.75, 3.05) is 13.2 Å². The van der Waals surface area contributed by atoms with Gasteiger partial charge in [-0.2, -0.15) is 0 Å². The highest BCUT2D eigenvalue weighted by molar-refractivity contribution is 5.83. The molecule has 3 nitrogen and oxygen atoms in total. The lowest BCUT2D eigenvalue weighted by molar-refractivity contribution is -0.167. The number of benzene rings is 1. The van der Waals surface area contributed by atoms with Crippen molar-refractivity contribution in [2.45, 2.75) is 24.8 Å². The Labute approximate surface area is 116 Å². The van der Waals surface area contributed by atoms with Gasteiger partial charge >= 0.3 is 0 Å². The van der Waals surface area contributed by atoms with E-state index in [1.54, 1.807) is 6.08 Å². The molecule has 4 rings (SSSR count). The highest BCUT2D eigenvalue weighted by atomic mass is 19.1. The highest BCUT2D eigenvalue weighted by Crippen LogP contribution is 2.39. The van der Waals surface area contributed by atoms with Crippen molar-refractivity contribution in [3.63, 3.8) is 0 Å². The first kappa shape index (κ1) is 12.1. The van der Waals surface area contributed by atoms with Crippen LogP contribution in [0.15, 0.2) is 42.6 Å². The van der Waals surface area contributed by atoms with Crippen molar-refractivity contribution in [3.8, 4) is 0 Å². The largest absolute Gasteiger partial charge is 0.347 e. The molecule has 1 aromatic heterocycles. The summed E-state index contributed by atoms with van der Waals surface area (Å²) in [6.07, 6.45) is 3.51. The third-order valence-corrected chi connectivity index (χ3v) is 4.05. The Morgan fingerprint density at radius 1 is 1.15 bits per heavy atom. The minimum absolute atomic E-state index is 0.287. The zero-order valence-corrected chi connectivity index (χ0v) is 11.1. The fourth-order valence-electron chi connectivity index (χ4n) is 3.19. The summed E-state index contributed by atoms with van der Waals surface area (Å²) in [6, 6.07) is 10.1. The summed E-state index contributed by atoms with van der Waals surface area (Å²) in [6.45, 7) is 1.10. The molecule has 4 heteroatoms. The van der Waals surface area contributed by atoms with Crippen LogP contribution in [-0.2, 0) is 9.47 Å². The Bertz CT molecular complexity index is 670. The number of ether oxygens (including phenoxy) is 2. The van der Waals surface area contributed by atoms with Gasteiger partial charge in [-0.15, -0.1) is 0 Å². The molecule has 2 aromatic rings. The van der Waals surface area contributed by atoms with Gasteiger partial charge in [-0.05, 0) is 23.6 Å². The number of hydrogen-bond acceptors (Lipinski definition) is 2. The van der Waals surface area contributed by atoms with Gasteiger partial charge in [0.15, 0.2) is 5.79 Å². The Hall–Kier alpha value is -1.65. The van der Waals surface area contributed by atoms with Crippen LogP contribution < -0.4 is 0 Å². The normalized spacial score (nSPS) is 25.2. The highest BCUT2D eigenvalue weighted by Gasteiger charge is 2.42. The van der Waals surface area contributed by atoms with Crippen molar-refractivity contribution >= 4 is 16.6 Å². The molecular formula is C16H16FNO2. The fourth-order valence-corrected chi connectivity index (χ4v) is 3.19. The molecular weight excluding hydrogens is 257 g/mol. The maximum Gasteiger partial charge on any atom is 0.177 e. The van der Waals surface area contributed by atoms with Crippen LogP contribution in [0, 0.1) is 0 Å². The number of para-hydroxylation sites is 1. The van der Waals surface area contributed by atoms with Crippen molar-refractivity contribution in [1.82, 2.24) is 4.57 Å². The number of nitrogens with zero attached hydrogens (tertiary/aromatic N) is 1. The van der Waals surface area contributed by atoms with E-state index in [0.29, 0.717) is 19.6 Å². The first-order valence-corrected chi connectivity index (χ1v) is 6.95. The van der Waals surface area contributed by atoms with E-state index in [9.17, 15) is 4.39 Å². The summed E-state index contributed by atoms with van der Waals surface area (Å²) < 4.78 is 27.5. The Morgan fingerprint density at radius 3 is 2.80 bits per heavy atom. The lowest BCUT2D eigenvalue weighted by Crippen LogP contribution is -2.37. The lowest BCUT2D eigenvalue weighted by atomic mass is 9.96. The molecule has 1 saturated heterocycles. The molecule has 0 N–H and O–H groups in total. The molecule has 0 saturated carbocycles. The Balaban J connectivity index is 1.77. The number of allylic oxidation sites excluding steroid dienone is 1. The maximum atomic E-state index is 14.1. The van der Waals surface area contributed by atoms with E-state index in [1.165, 1.54) is 0 Å². The standard InChI is InChI=1S/C16H16FNO2/c17-13-9-14(11-16(10-13)19-7-8-20-16)18-6-5-12-3-1-2-4-15(12)18/h1-6,9,13H,7-8,10-11H2. The topological polar surface area (TPSA) is 23.4 Å². The molecule has 20 heavy (non-hydrogen) atoms. The molecule has 1 aliphatic carbocycles. The molecule has 1 fully saturated rings. The molecule has 1 unspecified atom stereocenters. The van der Waals surface area contributed by atoms with Gasteiger partial charge in [0, 0.05) is 24.7 Å². The van der Waals surface area contributed by atoms with Crippen molar-refractivity contribution in [1.29, 1.82) is 0 Å². The van der Waals surface area contributed by atoms with Gasteiger partial charge in [-0.25, -0.2) is 4.39 Å². The molecule has 1 aliphatic heterocycles. The average Bonchev–Trinajstić information content (AvgIpc) is 3.05. The van der Waals surface area contributed by atoms with Crippen LogP contribution in [0.1, 0.15) is 12.8 Å². The van der Waals surface area contributed by atoms with Gasteiger partial charge in [-0.1, -0.05) is 18.2 Å². The predicted octanol–water partition coefficient (Wildman–Crippen LogP) is 3.36. The van der Waals surface area contributed by atoms with E-state index in [0.717, 1.165) is 16.6 Å². The molecule has 1 atom stereocenters. The van der Waals surface area contributed by atoms with Gasteiger partial charge in [0.25, 0.3) is 0 Å². The van der Waals surface area contributed by atoms with Crippen LogP contribution in [0.5, 0.6) is 0 Å². The fraction of sp³-hybridized carbons (Fsp3) is 0.375. The number of halogens is 1. The van der Waals surface area contributed by atoms with E-state index in [-0.39, 0.29) is 6.42 Å². The molecule has 1 aromatic carbocycles. The molecule has 104 valence electrons. The average molecular weight is 273 g/mol. The summed E-state index contributed by atoms with van der Waals surface area (Å²) in [5, 5.41) is 1.15. The van der Waals surface area contributed by atoms with Crippen LogP contribution in [0.4, 0.5) is 4.39 Å². The van der Waals surface area contributed by atoms with Crippen molar-refractivity contribution in [2.24, 2.45) is 0 Å². The van der Waals surface area contributed by atoms with Crippen LogP contribution in [0.2, 0.25) is 0 Å². The Kier molecular flexibility index (Phi) is 2.69. The molecule has 2 heterocycles. The van der Waals surface area contributed by atoms with Gasteiger partial charge in [0.1, 0.15) is 6.17 Å². The second-order valence-electron chi connectivity index (χ2n) is 5.41.